The predicted molar refractivity (Wildman–Crippen MR) is 76.6 cm³/mol. The van der Waals surface area contributed by atoms with Gasteiger partial charge < -0.3 is 14.5 Å². The van der Waals surface area contributed by atoms with Crippen LogP contribution in [0.2, 0.25) is 0 Å². The van der Waals surface area contributed by atoms with Crippen LogP contribution in [-0.2, 0) is 9.53 Å². The number of ether oxygens (including phenoxy) is 1. The van der Waals surface area contributed by atoms with E-state index in [0.29, 0.717) is 5.56 Å². The van der Waals surface area contributed by atoms with Gasteiger partial charge in [0.1, 0.15) is 11.9 Å². The fourth-order valence-electron chi connectivity index (χ4n) is 1.83. The molecule has 0 aliphatic rings. The minimum atomic E-state index is -0.478. The average Bonchev–Trinajstić information content (AvgIpc) is 3.02. The van der Waals surface area contributed by atoms with E-state index in [1.54, 1.807) is 25.1 Å². The van der Waals surface area contributed by atoms with Gasteiger partial charge in [0.05, 0.1) is 12.7 Å². The van der Waals surface area contributed by atoms with Gasteiger partial charge in [0.2, 0.25) is 0 Å². The highest BCUT2D eigenvalue weighted by atomic mass is 19.1. The van der Waals surface area contributed by atoms with E-state index in [9.17, 15) is 14.0 Å². The van der Waals surface area contributed by atoms with Crippen LogP contribution >= 0.6 is 0 Å². The van der Waals surface area contributed by atoms with E-state index in [1.165, 1.54) is 24.5 Å². The summed E-state index contributed by atoms with van der Waals surface area (Å²) in [5, 5.41) is 2.55. The molecule has 1 aromatic carbocycles. The van der Waals surface area contributed by atoms with Crippen molar-refractivity contribution in [2.45, 2.75) is 19.4 Å². The lowest BCUT2D eigenvalue weighted by molar-refractivity contribution is -0.148. The monoisotopic (exact) mass is 305 g/mol. The SMILES string of the molecule is C[C@@H](OC(=O)CCNC(=O)c1ccco1)c1ccc(F)cc1. The molecule has 1 aromatic heterocycles. The van der Waals surface area contributed by atoms with Crippen molar-refractivity contribution >= 4 is 11.9 Å². The minimum absolute atomic E-state index is 0.0397. The van der Waals surface area contributed by atoms with E-state index >= 15 is 0 Å². The first-order valence-corrected chi connectivity index (χ1v) is 6.83. The third-order valence-electron chi connectivity index (χ3n) is 3.01. The normalized spacial score (nSPS) is 11.7. The Balaban J connectivity index is 1.73. The summed E-state index contributed by atoms with van der Waals surface area (Å²) in [4.78, 5) is 23.3. The maximum Gasteiger partial charge on any atom is 0.308 e. The molecule has 5 nitrogen and oxygen atoms in total. The summed E-state index contributed by atoms with van der Waals surface area (Å²) in [6.45, 7) is 1.85. The van der Waals surface area contributed by atoms with Gasteiger partial charge in [0, 0.05) is 6.54 Å². The summed E-state index contributed by atoms with van der Waals surface area (Å²) in [5.74, 6) is -0.989. The third-order valence-corrected chi connectivity index (χ3v) is 3.01. The number of halogens is 1. The Hall–Kier alpha value is -2.63. The number of esters is 1. The van der Waals surface area contributed by atoms with Crippen molar-refractivity contribution < 1.29 is 23.1 Å². The molecule has 1 N–H and O–H groups in total. The minimum Gasteiger partial charge on any atom is -0.459 e. The Morgan fingerprint density at radius 3 is 2.64 bits per heavy atom. The first-order valence-electron chi connectivity index (χ1n) is 6.83. The average molecular weight is 305 g/mol. The van der Waals surface area contributed by atoms with Crippen LogP contribution in [0.15, 0.2) is 47.1 Å². The van der Waals surface area contributed by atoms with Gasteiger partial charge in [-0.15, -0.1) is 0 Å². The summed E-state index contributed by atoms with van der Waals surface area (Å²) in [6.07, 6.45) is 0.958. The van der Waals surface area contributed by atoms with Crippen molar-refractivity contribution in [2.75, 3.05) is 6.54 Å². The number of carbonyl (C=O) groups excluding carboxylic acids is 2. The second-order valence-corrected chi connectivity index (χ2v) is 4.67. The van der Waals surface area contributed by atoms with Crippen molar-refractivity contribution in [2.24, 2.45) is 0 Å². The largest absolute Gasteiger partial charge is 0.459 e. The molecule has 0 fully saturated rings. The predicted octanol–water partition coefficient (Wildman–Crippen LogP) is 2.84. The van der Waals surface area contributed by atoms with Crippen molar-refractivity contribution in [3.8, 4) is 0 Å². The first kappa shape index (κ1) is 15.8. The van der Waals surface area contributed by atoms with Crippen LogP contribution in [0.4, 0.5) is 4.39 Å². The molecule has 2 aromatic rings. The standard InChI is InChI=1S/C16H16FNO4/c1-11(12-4-6-13(17)7-5-12)22-15(19)8-9-18-16(20)14-3-2-10-21-14/h2-7,10-11H,8-9H2,1H3,(H,18,20)/t11-/m1/s1. The summed E-state index contributed by atoms with van der Waals surface area (Å²) >= 11 is 0. The maximum atomic E-state index is 12.8. The highest BCUT2D eigenvalue weighted by Crippen LogP contribution is 2.17. The molecular weight excluding hydrogens is 289 g/mol. The number of nitrogens with one attached hydrogen (secondary N) is 1. The number of rotatable bonds is 6. The zero-order valence-electron chi connectivity index (χ0n) is 12.0. The van der Waals surface area contributed by atoms with Gasteiger partial charge in [-0.25, -0.2) is 4.39 Å². The molecule has 1 heterocycles. The van der Waals surface area contributed by atoms with Crippen molar-refractivity contribution in [1.82, 2.24) is 5.32 Å². The molecule has 1 atom stereocenters. The highest BCUT2D eigenvalue weighted by molar-refractivity contribution is 5.91. The summed E-state index contributed by atoms with van der Waals surface area (Å²) in [5.41, 5.74) is 0.703. The zero-order chi connectivity index (χ0) is 15.9. The molecular formula is C16H16FNO4. The molecule has 0 radical (unpaired) electrons. The molecule has 2 rings (SSSR count). The van der Waals surface area contributed by atoms with Crippen molar-refractivity contribution in [1.29, 1.82) is 0 Å². The number of hydrogen-bond donors (Lipinski definition) is 1. The van der Waals surface area contributed by atoms with E-state index < -0.39 is 12.1 Å². The van der Waals surface area contributed by atoms with Gasteiger partial charge in [0.25, 0.3) is 5.91 Å². The molecule has 0 saturated carbocycles. The summed E-state index contributed by atoms with van der Waals surface area (Å²) in [6, 6.07) is 8.88. The molecule has 6 heteroatoms. The van der Waals surface area contributed by atoms with Crippen molar-refractivity contribution in [3.63, 3.8) is 0 Å². The fraction of sp³-hybridized carbons (Fsp3) is 0.250. The molecule has 22 heavy (non-hydrogen) atoms. The van der Waals surface area contributed by atoms with E-state index in [0.717, 1.165) is 0 Å². The molecule has 0 spiro atoms. The van der Waals surface area contributed by atoms with Gasteiger partial charge in [-0.2, -0.15) is 0 Å². The zero-order valence-corrected chi connectivity index (χ0v) is 12.0. The van der Waals surface area contributed by atoms with Crippen LogP contribution in [0.1, 0.15) is 35.6 Å². The van der Waals surface area contributed by atoms with Crippen molar-refractivity contribution in [3.05, 3.63) is 59.8 Å². The molecule has 0 aliphatic heterocycles. The van der Waals surface area contributed by atoms with Crippen LogP contribution in [0.25, 0.3) is 0 Å². The number of hydrogen-bond acceptors (Lipinski definition) is 4. The number of amides is 1. The lowest BCUT2D eigenvalue weighted by Gasteiger charge is -2.13. The van der Waals surface area contributed by atoms with Crippen LogP contribution in [0.5, 0.6) is 0 Å². The Bertz CT molecular complexity index is 622. The first-order chi connectivity index (χ1) is 10.6. The van der Waals surface area contributed by atoms with Gasteiger partial charge >= 0.3 is 5.97 Å². The molecule has 0 saturated heterocycles. The van der Waals surface area contributed by atoms with E-state index in [-0.39, 0.29) is 30.5 Å². The van der Waals surface area contributed by atoms with Gasteiger partial charge in [-0.05, 0) is 36.8 Å². The molecule has 0 aliphatic carbocycles. The van der Waals surface area contributed by atoms with E-state index in [4.69, 9.17) is 9.15 Å². The highest BCUT2D eigenvalue weighted by Gasteiger charge is 2.13. The Morgan fingerprint density at radius 1 is 1.27 bits per heavy atom. The smallest absolute Gasteiger partial charge is 0.308 e. The quantitative estimate of drug-likeness (QED) is 0.833. The number of carbonyl (C=O) groups is 2. The second kappa shape index (κ2) is 7.40. The molecule has 0 unspecified atom stereocenters. The number of benzene rings is 1. The summed E-state index contributed by atoms with van der Waals surface area (Å²) < 4.78 is 23.0. The van der Waals surface area contributed by atoms with Crippen LogP contribution in [0, 0.1) is 5.82 Å². The van der Waals surface area contributed by atoms with Crippen LogP contribution < -0.4 is 5.32 Å². The lowest BCUT2D eigenvalue weighted by atomic mass is 10.1. The Labute approximate surface area is 127 Å². The fourth-order valence-corrected chi connectivity index (χ4v) is 1.83. The third kappa shape index (κ3) is 4.44. The second-order valence-electron chi connectivity index (χ2n) is 4.67. The van der Waals surface area contributed by atoms with Gasteiger partial charge in [0.15, 0.2) is 5.76 Å². The number of furan rings is 1. The van der Waals surface area contributed by atoms with E-state index in [1.807, 2.05) is 0 Å². The van der Waals surface area contributed by atoms with Gasteiger partial charge in [-0.3, -0.25) is 9.59 Å². The Kier molecular flexibility index (Phi) is 5.30. The van der Waals surface area contributed by atoms with Crippen LogP contribution in [-0.4, -0.2) is 18.4 Å². The molecule has 0 bridgehead atoms. The Morgan fingerprint density at radius 2 is 2.00 bits per heavy atom. The molecule has 116 valence electrons. The molecule has 1 amide bonds. The van der Waals surface area contributed by atoms with E-state index in [2.05, 4.69) is 5.32 Å². The van der Waals surface area contributed by atoms with Crippen LogP contribution in [0.3, 0.4) is 0 Å². The maximum absolute atomic E-state index is 12.8. The lowest BCUT2D eigenvalue weighted by Crippen LogP contribution is -2.26. The summed E-state index contributed by atoms with van der Waals surface area (Å²) in [7, 11) is 0. The topological polar surface area (TPSA) is 68.5 Å². The van der Waals surface area contributed by atoms with Gasteiger partial charge in [-0.1, -0.05) is 12.1 Å².